The van der Waals surface area contributed by atoms with Crippen LogP contribution < -0.4 is 5.32 Å². The zero-order chi connectivity index (χ0) is 11.0. The Bertz CT molecular complexity index is 159. The maximum absolute atomic E-state index is 11.4. The van der Waals surface area contributed by atoms with E-state index >= 15 is 0 Å². The topological polar surface area (TPSA) is 35.6 Å². The molecule has 84 valence electrons. The predicted molar refractivity (Wildman–Crippen MR) is 59.4 cm³/mol. The van der Waals surface area contributed by atoms with E-state index in [1.165, 1.54) is 0 Å². The van der Waals surface area contributed by atoms with E-state index in [4.69, 9.17) is 0 Å². The lowest BCUT2D eigenvalue weighted by atomic mass is 10.3. The third kappa shape index (κ3) is 6.86. The Morgan fingerprint density at radius 1 is 1.21 bits per heavy atom. The molecule has 0 aromatic rings. The Morgan fingerprint density at radius 3 is 2.36 bits per heavy atom. The normalized spacial score (nSPS) is 10.6. The maximum atomic E-state index is 11.4. The minimum atomic E-state index is 0.172. The molecule has 0 heterocycles. The highest BCUT2D eigenvalue weighted by Crippen LogP contribution is 1.89. The first kappa shape index (κ1) is 13.4. The van der Waals surface area contributed by atoms with Gasteiger partial charge in [-0.3, -0.25) is 4.79 Å². The van der Waals surface area contributed by atoms with Crippen LogP contribution in [0.5, 0.6) is 0 Å². The van der Waals surface area contributed by atoms with Crippen molar-refractivity contribution in [2.24, 2.45) is 0 Å². The van der Waals surface area contributed by atoms with Gasteiger partial charge in [0.25, 0.3) is 0 Å². The fraction of sp³-hybridized carbons (Fsp3) is 0.900. The molecular weight excluding hydrogens is 178 g/mol. The molecule has 0 aliphatic heterocycles. The molecule has 0 aromatic carbocycles. The van der Waals surface area contributed by atoms with Crippen LogP contribution in [0.1, 0.15) is 13.3 Å². The van der Waals surface area contributed by atoms with Crippen LogP contribution in [-0.4, -0.2) is 63.0 Å². The van der Waals surface area contributed by atoms with Crippen LogP contribution >= 0.6 is 0 Å². The zero-order valence-electron chi connectivity index (χ0n) is 9.84. The quantitative estimate of drug-likeness (QED) is 0.630. The maximum Gasteiger partial charge on any atom is 0.236 e. The molecule has 1 amide bonds. The van der Waals surface area contributed by atoms with Gasteiger partial charge in [-0.1, -0.05) is 6.92 Å². The van der Waals surface area contributed by atoms with Gasteiger partial charge in [-0.15, -0.1) is 0 Å². The van der Waals surface area contributed by atoms with Crippen LogP contribution in [0.2, 0.25) is 0 Å². The molecule has 4 heteroatoms. The summed E-state index contributed by atoms with van der Waals surface area (Å²) in [7, 11) is 5.94. The second kappa shape index (κ2) is 7.76. The molecule has 1 N–H and O–H groups in total. The molecule has 0 fully saturated rings. The van der Waals surface area contributed by atoms with E-state index in [1.54, 1.807) is 4.90 Å². The highest BCUT2D eigenvalue weighted by molar-refractivity contribution is 5.77. The molecule has 0 atom stereocenters. The van der Waals surface area contributed by atoms with Crippen molar-refractivity contribution in [2.45, 2.75) is 13.3 Å². The first-order valence-corrected chi connectivity index (χ1v) is 5.17. The largest absolute Gasteiger partial charge is 0.345 e. The van der Waals surface area contributed by atoms with E-state index in [1.807, 2.05) is 28.1 Å². The van der Waals surface area contributed by atoms with Crippen LogP contribution in [-0.2, 0) is 4.79 Å². The summed E-state index contributed by atoms with van der Waals surface area (Å²) in [6, 6.07) is 0. The van der Waals surface area contributed by atoms with Gasteiger partial charge in [-0.2, -0.15) is 0 Å². The monoisotopic (exact) mass is 201 g/mol. The first-order valence-electron chi connectivity index (χ1n) is 5.17. The number of rotatable bonds is 7. The van der Waals surface area contributed by atoms with Gasteiger partial charge in [0.05, 0.1) is 6.54 Å². The van der Waals surface area contributed by atoms with Gasteiger partial charge in [-0.05, 0) is 33.6 Å². The Labute approximate surface area is 87.3 Å². The Hall–Kier alpha value is -0.610. The highest BCUT2D eigenvalue weighted by atomic mass is 16.2. The van der Waals surface area contributed by atoms with Gasteiger partial charge in [0.1, 0.15) is 0 Å². The van der Waals surface area contributed by atoms with Crippen LogP contribution in [0.15, 0.2) is 0 Å². The van der Waals surface area contributed by atoms with Crippen molar-refractivity contribution >= 4 is 5.91 Å². The molecule has 0 rings (SSSR count). The van der Waals surface area contributed by atoms with Gasteiger partial charge in [0.2, 0.25) is 5.91 Å². The van der Waals surface area contributed by atoms with Crippen LogP contribution in [0.4, 0.5) is 0 Å². The van der Waals surface area contributed by atoms with Crippen LogP contribution in [0, 0.1) is 0 Å². The summed E-state index contributed by atoms with van der Waals surface area (Å²) >= 11 is 0. The van der Waals surface area contributed by atoms with Crippen LogP contribution in [0.3, 0.4) is 0 Å². The van der Waals surface area contributed by atoms with Crippen molar-refractivity contribution in [3.05, 3.63) is 0 Å². The number of amides is 1. The SMILES string of the molecule is CCNCC(=O)N(C)CCCN(C)C. The number of likely N-dealkylation sites (N-methyl/N-ethyl adjacent to an activating group) is 2. The van der Waals surface area contributed by atoms with Crippen molar-refractivity contribution in [3.8, 4) is 0 Å². The predicted octanol–water partition coefficient (Wildman–Crippen LogP) is 0.00600. The number of nitrogens with zero attached hydrogens (tertiary/aromatic N) is 2. The molecule has 0 unspecified atom stereocenters. The third-order valence-corrected chi connectivity index (χ3v) is 2.05. The molecule has 0 aromatic heterocycles. The molecular formula is C10H23N3O. The van der Waals surface area contributed by atoms with E-state index < -0.39 is 0 Å². The molecule has 0 saturated heterocycles. The summed E-state index contributed by atoms with van der Waals surface area (Å²) in [5, 5.41) is 3.03. The highest BCUT2D eigenvalue weighted by Gasteiger charge is 2.06. The van der Waals surface area contributed by atoms with Gasteiger partial charge in [0.15, 0.2) is 0 Å². The summed E-state index contributed by atoms with van der Waals surface area (Å²) in [5.41, 5.74) is 0. The molecule has 0 radical (unpaired) electrons. The zero-order valence-corrected chi connectivity index (χ0v) is 9.84. The van der Waals surface area contributed by atoms with E-state index in [2.05, 4.69) is 10.2 Å². The lowest BCUT2D eigenvalue weighted by Gasteiger charge is -2.18. The number of carbonyl (C=O) groups excluding carboxylic acids is 1. The van der Waals surface area contributed by atoms with Gasteiger partial charge in [-0.25, -0.2) is 0 Å². The molecule has 14 heavy (non-hydrogen) atoms. The summed E-state index contributed by atoms with van der Waals surface area (Å²) in [6.45, 7) is 5.16. The van der Waals surface area contributed by atoms with Crippen molar-refractivity contribution in [3.63, 3.8) is 0 Å². The van der Waals surface area contributed by atoms with Gasteiger partial charge >= 0.3 is 0 Å². The molecule has 0 spiro atoms. The number of hydrogen-bond acceptors (Lipinski definition) is 3. The van der Waals surface area contributed by atoms with E-state index in [9.17, 15) is 4.79 Å². The average molecular weight is 201 g/mol. The minimum Gasteiger partial charge on any atom is -0.345 e. The van der Waals surface area contributed by atoms with E-state index in [-0.39, 0.29) is 5.91 Å². The minimum absolute atomic E-state index is 0.172. The molecule has 4 nitrogen and oxygen atoms in total. The second-order valence-corrected chi connectivity index (χ2v) is 3.75. The van der Waals surface area contributed by atoms with Gasteiger partial charge < -0.3 is 15.1 Å². The van der Waals surface area contributed by atoms with E-state index in [0.717, 1.165) is 26.1 Å². The fourth-order valence-corrected chi connectivity index (χ4v) is 1.12. The summed E-state index contributed by atoms with van der Waals surface area (Å²) in [5.74, 6) is 0.172. The van der Waals surface area contributed by atoms with Crippen molar-refractivity contribution in [1.29, 1.82) is 0 Å². The Morgan fingerprint density at radius 2 is 1.86 bits per heavy atom. The molecule has 0 aliphatic rings. The molecule has 0 aliphatic carbocycles. The number of nitrogens with one attached hydrogen (secondary N) is 1. The van der Waals surface area contributed by atoms with Crippen LogP contribution in [0.25, 0.3) is 0 Å². The van der Waals surface area contributed by atoms with E-state index in [0.29, 0.717) is 6.54 Å². The Balaban J connectivity index is 3.51. The summed E-state index contributed by atoms with van der Waals surface area (Å²) in [4.78, 5) is 15.3. The molecule has 0 saturated carbocycles. The third-order valence-electron chi connectivity index (χ3n) is 2.05. The summed E-state index contributed by atoms with van der Waals surface area (Å²) in [6.07, 6.45) is 1.03. The first-order chi connectivity index (χ1) is 6.57. The van der Waals surface area contributed by atoms with Crippen molar-refractivity contribution in [2.75, 3.05) is 47.3 Å². The second-order valence-electron chi connectivity index (χ2n) is 3.75. The summed E-state index contributed by atoms with van der Waals surface area (Å²) < 4.78 is 0. The fourth-order valence-electron chi connectivity index (χ4n) is 1.12. The van der Waals surface area contributed by atoms with Crippen molar-refractivity contribution < 1.29 is 4.79 Å². The Kier molecular flexibility index (Phi) is 7.42. The number of carbonyl (C=O) groups is 1. The smallest absolute Gasteiger partial charge is 0.236 e. The van der Waals surface area contributed by atoms with Crippen molar-refractivity contribution in [1.82, 2.24) is 15.1 Å². The average Bonchev–Trinajstić information content (AvgIpc) is 2.13. The lowest BCUT2D eigenvalue weighted by molar-refractivity contribution is -0.129. The standard InChI is InChI=1S/C10H23N3O/c1-5-11-9-10(14)13(4)8-6-7-12(2)3/h11H,5-9H2,1-4H3. The number of hydrogen-bond donors (Lipinski definition) is 1. The van der Waals surface area contributed by atoms with Gasteiger partial charge in [0, 0.05) is 13.6 Å². The lowest BCUT2D eigenvalue weighted by Crippen LogP contribution is -2.36. The molecule has 0 bridgehead atoms.